The van der Waals surface area contributed by atoms with Crippen LogP contribution in [0.3, 0.4) is 0 Å². The van der Waals surface area contributed by atoms with E-state index in [1.165, 1.54) is 11.1 Å². The van der Waals surface area contributed by atoms with Crippen LogP contribution in [0.5, 0.6) is 0 Å². The van der Waals surface area contributed by atoms with E-state index in [4.69, 9.17) is 0 Å². The zero-order valence-electron chi connectivity index (χ0n) is 20.7. The molecule has 0 aromatic carbocycles. The Hall–Kier alpha value is -3.73. The van der Waals surface area contributed by atoms with E-state index in [0.717, 1.165) is 17.4 Å². The van der Waals surface area contributed by atoms with Gasteiger partial charge in [0.1, 0.15) is 17.8 Å². The Bertz CT molecular complexity index is 1220. The number of nitrogens with one attached hydrogen (secondary N) is 1. The lowest BCUT2D eigenvalue weighted by atomic mass is 10.1. The molecule has 4 heterocycles. The third kappa shape index (κ3) is 6.69. The van der Waals surface area contributed by atoms with Crippen molar-refractivity contribution in [3.05, 3.63) is 48.4 Å². The topological polar surface area (TPSA) is 100 Å². The Morgan fingerprint density at radius 3 is 2.39 bits per heavy atom. The zero-order chi connectivity index (χ0) is 26.5. The van der Waals surface area contributed by atoms with Crippen LogP contribution >= 0.6 is 0 Å². The minimum absolute atomic E-state index is 0.0312. The molecule has 1 saturated heterocycles. The van der Waals surface area contributed by atoms with Gasteiger partial charge in [-0.2, -0.15) is 0 Å². The fourth-order valence-corrected chi connectivity index (χ4v) is 3.47. The molecule has 4 rings (SSSR count). The van der Waals surface area contributed by atoms with Gasteiger partial charge in [-0.05, 0) is 45.2 Å². The van der Waals surface area contributed by atoms with Crippen LogP contribution in [0.1, 0.15) is 37.0 Å². The van der Waals surface area contributed by atoms with Crippen LogP contribution in [0.2, 0.25) is 0 Å². The zero-order valence-corrected chi connectivity index (χ0v) is 20.7. The van der Waals surface area contributed by atoms with Crippen molar-refractivity contribution >= 4 is 35.5 Å². The minimum Gasteiger partial charge on any atom is -0.326 e. The van der Waals surface area contributed by atoms with Crippen molar-refractivity contribution in [3.63, 3.8) is 0 Å². The third-order valence-corrected chi connectivity index (χ3v) is 5.78. The first-order valence-corrected chi connectivity index (χ1v) is 11.4. The fraction of sp³-hybridized carbons (Fsp3) is 0.400. The Morgan fingerprint density at radius 1 is 1.14 bits per heavy atom. The molecule has 1 fully saturated rings. The van der Waals surface area contributed by atoms with E-state index >= 15 is 0 Å². The number of urea groups is 1. The van der Waals surface area contributed by atoms with Gasteiger partial charge in [0, 0.05) is 56.3 Å². The molecule has 11 heteroatoms. The van der Waals surface area contributed by atoms with E-state index < -0.39 is 17.5 Å². The number of halogens is 2. The summed E-state index contributed by atoms with van der Waals surface area (Å²) in [6.07, 6.45) is 6.47. The Morgan fingerprint density at radius 2 is 1.83 bits per heavy atom. The molecule has 1 aliphatic rings. The number of aldehydes is 2. The molecular weight excluding hydrogens is 470 g/mol. The quantitative estimate of drug-likeness (QED) is 0.536. The molecule has 0 radical (unpaired) electrons. The van der Waals surface area contributed by atoms with Crippen molar-refractivity contribution in [1.82, 2.24) is 24.8 Å². The highest BCUT2D eigenvalue weighted by atomic mass is 19.3. The van der Waals surface area contributed by atoms with Gasteiger partial charge in [0.15, 0.2) is 6.29 Å². The Kier molecular flexibility index (Phi) is 8.13. The first-order chi connectivity index (χ1) is 16.9. The fourth-order valence-electron chi connectivity index (χ4n) is 3.47. The van der Waals surface area contributed by atoms with Crippen molar-refractivity contribution in [2.45, 2.75) is 38.2 Å². The Labute approximate surface area is 208 Å². The highest BCUT2D eigenvalue weighted by Gasteiger charge is 2.32. The number of likely N-dealkylation sites (tertiary alicyclic amines) is 1. The van der Waals surface area contributed by atoms with Gasteiger partial charge in [0.25, 0.3) is 5.92 Å². The monoisotopic (exact) mass is 500 g/mol. The maximum Gasteiger partial charge on any atom is 0.323 e. The average molecular weight is 501 g/mol. The largest absolute Gasteiger partial charge is 0.326 e. The van der Waals surface area contributed by atoms with Crippen LogP contribution < -0.4 is 10.2 Å². The summed E-state index contributed by atoms with van der Waals surface area (Å²) in [5.41, 5.74) is 1.03. The van der Waals surface area contributed by atoms with E-state index in [1.807, 2.05) is 34.8 Å². The van der Waals surface area contributed by atoms with Gasteiger partial charge in [-0.15, -0.1) is 0 Å². The summed E-state index contributed by atoms with van der Waals surface area (Å²) >= 11 is 0. The van der Waals surface area contributed by atoms with Crippen molar-refractivity contribution in [3.8, 4) is 5.69 Å². The number of fused-ring (bicyclic) bond motifs is 1. The maximum atomic E-state index is 12.4. The molecule has 0 atom stereocenters. The molecule has 3 aromatic rings. The normalized spacial score (nSPS) is 15.5. The van der Waals surface area contributed by atoms with Gasteiger partial charge in [-0.25, -0.2) is 23.5 Å². The predicted molar refractivity (Wildman–Crippen MR) is 133 cm³/mol. The van der Waals surface area contributed by atoms with Crippen LogP contribution in [0.25, 0.3) is 16.7 Å². The van der Waals surface area contributed by atoms with E-state index in [9.17, 15) is 23.2 Å². The van der Waals surface area contributed by atoms with Crippen molar-refractivity contribution < 1.29 is 23.2 Å². The molecule has 1 N–H and O–H groups in total. The lowest BCUT2D eigenvalue weighted by Gasteiger charge is -2.28. The number of alkyl halides is 2. The average Bonchev–Trinajstić information content (AvgIpc) is 3.29. The molecule has 0 spiro atoms. The lowest BCUT2D eigenvalue weighted by molar-refractivity contribution is -0.111. The Balaban J connectivity index is 0.000000338. The van der Waals surface area contributed by atoms with Crippen LogP contribution in [0.15, 0.2) is 42.9 Å². The molecular formula is C25H30F2N6O3. The van der Waals surface area contributed by atoms with Crippen LogP contribution in [0.4, 0.5) is 19.4 Å². The summed E-state index contributed by atoms with van der Waals surface area (Å²) in [5.74, 6) is -1.95. The summed E-state index contributed by atoms with van der Waals surface area (Å²) in [5, 5.41) is 3.46. The number of hydrogen-bond acceptors (Lipinski definition) is 6. The molecule has 0 aliphatic carbocycles. The summed E-state index contributed by atoms with van der Waals surface area (Å²) in [4.78, 5) is 46.0. The van der Waals surface area contributed by atoms with Gasteiger partial charge in [-0.3, -0.25) is 14.3 Å². The number of anilines is 1. The summed E-state index contributed by atoms with van der Waals surface area (Å²) in [7, 11) is 3.45. The standard InChI is InChI=1S/C19H19N5O3.C6H11F2N/c1-19(2,12-26)22-18(27)23(3)16-5-4-15(10-20-16)24-7-6-14-8-13(11-25)9-21-17(14)24;1-9-4-2-6(7,8)3-5-9/h4-12H,1-3H3,(H,22,27);2-5H2,1H3. The highest BCUT2D eigenvalue weighted by molar-refractivity contribution is 5.92. The van der Waals surface area contributed by atoms with Gasteiger partial charge < -0.3 is 15.0 Å². The van der Waals surface area contributed by atoms with E-state index in [1.54, 1.807) is 39.2 Å². The SMILES string of the molecule is CN(C(=O)NC(C)(C)C=O)c1ccc(-n2ccc3cc(C=O)cnc32)cn1.CN1CCC(F)(F)CC1. The van der Waals surface area contributed by atoms with Crippen LogP contribution in [-0.4, -0.2) is 76.7 Å². The van der Waals surface area contributed by atoms with Gasteiger partial charge in [0.05, 0.1) is 17.4 Å². The second-order valence-corrected chi connectivity index (χ2v) is 9.35. The molecule has 9 nitrogen and oxygen atoms in total. The van der Waals surface area contributed by atoms with Gasteiger partial charge >= 0.3 is 6.03 Å². The highest BCUT2D eigenvalue weighted by Crippen LogP contribution is 2.26. The molecule has 2 amide bonds. The van der Waals surface area contributed by atoms with E-state index in [0.29, 0.717) is 36.4 Å². The second-order valence-electron chi connectivity index (χ2n) is 9.35. The number of hydrogen-bond donors (Lipinski definition) is 1. The molecule has 0 saturated carbocycles. The summed E-state index contributed by atoms with van der Waals surface area (Å²) < 4.78 is 26.5. The van der Waals surface area contributed by atoms with Crippen molar-refractivity contribution in [2.24, 2.45) is 0 Å². The smallest absolute Gasteiger partial charge is 0.323 e. The molecule has 3 aromatic heterocycles. The predicted octanol–water partition coefficient (Wildman–Crippen LogP) is 3.70. The summed E-state index contributed by atoms with van der Waals surface area (Å²) in [6, 6.07) is 6.72. The number of aromatic nitrogens is 3. The first-order valence-electron chi connectivity index (χ1n) is 11.4. The maximum absolute atomic E-state index is 12.4. The molecule has 0 unspecified atom stereocenters. The lowest BCUT2D eigenvalue weighted by Crippen LogP contribution is -2.50. The van der Waals surface area contributed by atoms with E-state index in [-0.39, 0.29) is 12.8 Å². The van der Waals surface area contributed by atoms with Gasteiger partial charge in [-0.1, -0.05) is 0 Å². The number of pyridine rings is 2. The van der Waals surface area contributed by atoms with Crippen molar-refractivity contribution in [2.75, 3.05) is 32.1 Å². The number of piperidine rings is 1. The number of carbonyl (C=O) groups is 3. The summed E-state index contributed by atoms with van der Waals surface area (Å²) in [6.45, 7) is 4.30. The van der Waals surface area contributed by atoms with Crippen LogP contribution in [-0.2, 0) is 4.79 Å². The number of carbonyl (C=O) groups excluding carboxylic acids is 3. The first kappa shape index (κ1) is 26.9. The molecule has 1 aliphatic heterocycles. The van der Waals surface area contributed by atoms with Crippen molar-refractivity contribution in [1.29, 1.82) is 0 Å². The molecule has 192 valence electrons. The minimum atomic E-state index is -2.38. The number of nitrogens with zero attached hydrogens (tertiary/aromatic N) is 5. The molecule has 36 heavy (non-hydrogen) atoms. The molecule has 0 bridgehead atoms. The van der Waals surface area contributed by atoms with Crippen LogP contribution in [0, 0.1) is 0 Å². The third-order valence-electron chi connectivity index (χ3n) is 5.78. The van der Waals surface area contributed by atoms with E-state index in [2.05, 4.69) is 15.3 Å². The number of amides is 2. The number of rotatable bonds is 5. The second kappa shape index (κ2) is 10.9. The van der Waals surface area contributed by atoms with Gasteiger partial charge in [0.2, 0.25) is 0 Å².